The first-order valence-corrected chi connectivity index (χ1v) is 5.23. The van der Waals surface area contributed by atoms with Gasteiger partial charge in [-0.25, -0.2) is 0 Å². The maximum Gasteiger partial charge on any atom is 0.0549 e. The number of hydrogen-bond acceptors (Lipinski definition) is 2. The van der Waals surface area contributed by atoms with Crippen molar-refractivity contribution in [3.05, 3.63) is 0 Å². The highest BCUT2D eigenvalue weighted by molar-refractivity contribution is 4.65. The zero-order valence-electron chi connectivity index (χ0n) is 8.55. The van der Waals surface area contributed by atoms with Gasteiger partial charge in [0.15, 0.2) is 0 Å². The molecule has 0 aliphatic rings. The van der Waals surface area contributed by atoms with Crippen LogP contribution < -0.4 is 11.5 Å². The molecule has 0 saturated carbocycles. The first-order valence-electron chi connectivity index (χ1n) is 5.23. The second-order valence-electron chi connectivity index (χ2n) is 3.60. The molecule has 0 bridgehead atoms. The van der Waals surface area contributed by atoms with Crippen molar-refractivity contribution >= 4 is 0 Å². The predicted molar refractivity (Wildman–Crippen MR) is 54.7 cm³/mol. The fourth-order valence-corrected chi connectivity index (χ4v) is 1.50. The maximum absolute atomic E-state index is 5.64. The minimum Gasteiger partial charge on any atom is -0.316 e. The van der Waals surface area contributed by atoms with Crippen molar-refractivity contribution in [2.75, 3.05) is 0 Å². The smallest absolute Gasteiger partial charge is 0.0549 e. The van der Waals surface area contributed by atoms with Crippen molar-refractivity contribution in [1.29, 1.82) is 0 Å². The average molecular weight is 172 g/mol. The number of rotatable bonds is 7. The highest BCUT2D eigenvalue weighted by atomic mass is 14.9. The van der Waals surface area contributed by atoms with Crippen LogP contribution in [0.15, 0.2) is 0 Å². The van der Waals surface area contributed by atoms with Gasteiger partial charge in [0.2, 0.25) is 0 Å². The highest BCUT2D eigenvalue weighted by Gasteiger charge is 2.10. The van der Waals surface area contributed by atoms with Crippen LogP contribution in [0.4, 0.5) is 0 Å². The minimum atomic E-state index is -0.114. The van der Waals surface area contributed by atoms with Gasteiger partial charge in [-0.15, -0.1) is 0 Å². The van der Waals surface area contributed by atoms with Gasteiger partial charge >= 0.3 is 0 Å². The summed E-state index contributed by atoms with van der Waals surface area (Å²) < 4.78 is 0. The van der Waals surface area contributed by atoms with E-state index in [4.69, 9.17) is 11.5 Å². The van der Waals surface area contributed by atoms with Crippen LogP contribution in [0.2, 0.25) is 0 Å². The van der Waals surface area contributed by atoms with Crippen molar-refractivity contribution in [2.24, 2.45) is 17.4 Å². The molecular weight excluding hydrogens is 148 g/mol. The fraction of sp³-hybridized carbons (Fsp3) is 1.00. The predicted octanol–water partition coefficient (Wildman–Crippen LogP) is 2.23. The summed E-state index contributed by atoms with van der Waals surface area (Å²) in [7, 11) is 0. The first-order chi connectivity index (χ1) is 5.72. The molecule has 0 fully saturated rings. The second kappa shape index (κ2) is 7.56. The van der Waals surface area contributed by atoms with Crippen LogP contribution in [-0.4, -0.2) is 6.17 Å². The van der Waals surface area contributed by atoms with E-state index in [0.717, 1.165) is 6.42 Å². The van der Waals surface area contributed by atoms with Crippen molar-refractivity contribution in [2.45, 2.75) is 58.5 Å². The lowest BCUT2D eigenvalue weighted by Gasteiger charge is -2.18. The molecule has 0 radical (unpaired) electrons. The van der Waals surface area contributed by atoms with Gasteiger partial charge in [-0.1, -0.05) is 46.0 Å². The van der Waals surface area contributed by atoms with Gasteiger partial charge in [0.25, 0.3) is 0 Å². The van der Waals surface area contributed by atoms with Gasteiger partial charge in [-0.05, 0) is 12.3 Å². The molecule has 0 aromatic heterocycles. The molecule has 0 saturated heterocycles. The number of hydrogen-bond donors (Lipinski definition) is 2. The van der Waals surface area contributed by atoms with Crippen molar-refractivity contribution in [1.82, 2.24) is 0 Å². The molecule has 0 spiro atoms. The maximum atomic E-state index is 5.64. The summed E-state index contributed by atoms with van der Waals surface area (Å²) in [6.45, 7) is 4.39. The SMILES string of the molecule is CCCCCCC(CC)C(N)N. The van der Waals surface area contributed by atoms with E-state index in [1.807, 2.05) is 0 Å². The van der Waals surface area contributed by atoms with Crippen molar-refractivity contribution < 1.29 is 0 Å². The van der Waals surface area contributed by atoms with E-state index in [-0.39, 0.29) is 6.17 Å². The highest BCUT2D eigenvalue weighted by Crippen LogP contribution is 2.14. The van der Waals surface area contributed by atoms with E-state index in [2.05, 4.69) is 13.8 Å². The monoisotopic (exact) mass is 172 g/mol. The lowest BCUT2D eigenvalue weighted by molar-refractivity contribution is 0.372. The molecule has 0 aliphatic heterocycles. The zero-order chi connectivity index (χ0) is 9.40. The van der Waals surface area contributed by atoms with Crippen LogP contribution in [-0.2, 0) is 0 Å². The number of unbranched alkanes of at least 4 members (excludes halogenated alkanes) is 3. The van der Waals surface area contributed by atoms with Gasteiger partial charge in [-0.2, -0.15) is 0 Å². The molecule has 0 heterocycles. The molecule has 74 valence electrons. The molecule has 2 nitrogen and oxygen atoms in total. The van der Waals surface area contributed by atoms with E-state index < -0.39 is 0 Å². The third kappa shape index (κ3) is 5.56. The lowest BCUT2D eigenvalue weighted by atomic mass is 9.96. The van der Waals surface area contributed by atoms with Crippen LogP contribution in [0.3, 0.4) is 0 Å². The van der Waals surface area contributed by atoms with E-state index in [1.54, 1.807) is 0 Å². The zero-order valence-corrected chi connectivity index (χ0v) is 8.55. The van der Waals surface area contributed by atoms with E-state index in [1.165, 1.54) is 32.1 Å². The van der Waals surface area contributed by atoms with Gasteiger partial charge in [0, 0.05) is 0 Å². The topological polar surface area (TPSA) is 52.0 Å². The summed E-state index contributed by atoms with van der Waals surface area (Å²) in [5.41, 5.74) is 11.3. The molecule has 0 aliphatic carbocycles. The summed E-state index contributed by atoms with van der Waals surface area (Å²) in [5.74, 6) is 0.529. The van der Waals surface area contributed by atoms with E-state index in [9.17, 15) is 0 Å². The molecule has 0 aromatic carbocycles. The number of nitrogens with two attached hydrogens (primary N) is 2. The van der Waals surface area contributed by atoms with Gasteiger partial charge in [0.1, 0.15) is 0 Å². The lowest BCUT2D eigenvalue weighted by Crippen LogP contribution is -2.38. The van der Waals surface area contributed by atoms with Crippen LogP contribution in [0.25, 0.3) is 0 Å². The Labute approximate surface area is 76.7 Å². The van der Waals surface area contributed by atoms with Crippen molar-refractivity contribution in [3.63, 3.8) is 0 Å². The van der Waals surface area contributed by atoms with Gasteiger partial charge in [0.05, 0.1) is 6.17 Å². The van der Waals surface area contributed by atoms with Crippen LogP contribution in [0.5, 0.6) is 0 Å². The van der Waals surface area contributed by atoms with Gasteiger partial charge < -0.3 is 11.5 Å². The molecule has 0 amide bonds. The van der Waals surface area contributed by atoms with Gasteiger partial charge in [-0.3, -0.25) is 0 Å². The molecule has 1 unspecified atom stereocenters. The Kier molecular flexibility index (Phi) is 7.51. The fourth-order valence-electron chi connectivity index (χ4n) is 1.50. The van der Waals surface area contributed by atoms with E-state index in [0.29, 0.717) is 5.92 Å². The van der Waals surface area contributed by atoms with E-state index >= 15 is 0 Å². The summed E-state index contributed by atoms with van der Waals surface area (Å²) in [4.78, 5) is 0. The molecule has 0 rings (SSSR count). The Morgan fingerprint density at radius 2 is 1.67 bits per heavy atom. The van der Waals surface area contributed by atoms with Crippen LogP contribution in [0.1, 0.15) is 52.4 Å². The largest absolute Gasteiger partial charge is 0.316 e. The Morgan fingerprint density at radius 3 is 2.08 bits per heavy atom. The standard InChI is InChI=1S/C10H24N2/c1-3-5-6-7-8-9(4-2)10(11)12/h9-10H,3-8,11-12H2,1-2H3. The Hall–Kier alpha value is -0.0800. The Bertz CT molecular complexity index is 91.8. The molecule has 4 N–H and O–H groups in total. The molecule has 12 heavy (non-hydrogen) atoms. The normalized spacial score (nSPS) is 13.8. The minimum absolute atomic E-state index is 0.114. The summed E-state index contributed by atoms with van der Waals surface area (Å²) in [6.07, 6.45) is 7.47. The Morgan fingerprint density at radius 1 is 1.00 bits per heavy atom. The summed E-state index contributed by atoms with van der Waals surface area (Å²) in [5, 5.41) is 0. The Balaban J connectivity index is 3.32. The average Bonchev–Trinajstić information content (AvgIpc) is 2.04. The molecular formula is C10H24N2. The molecule has 1 atom stereocenters. The molecule has 2 heteroatoms. The third-order valence-electron chi connectivity index (χ3n) is 2.50. The molecule has 0 aromatic rings. The summed E-state index contributed by atoms with van der Waals surface area (Å²) in [6, 6.07) is 0. The first kappa shape index (κ1) is 11.9. The van der Waals surface area contributed by atoms with Crippen LogP contribution in [0, 0.1) is 5.92 Å². The summed E-state index contributed by atoms with van der Waals surface area (Å²) >= 11 is 0. The van der Waals surface area contributed by atoms with Crippen LogP contribution >= 0.6 is 0 Å². The quantitative estimate of drug-likeness (QED) is 0.457. The second-order valence-corrected chi connectivity index (χ2v) is 3.60. The third-order valence-corrected chi connectivity index (χ3v) is 2.50. The van der Waals surface area contributed by atoms with Crippen molar-refractivity contribution in [3.8, 4) is 0 Å².